The van der Waals surface area contributed by atoms with Crippen molar-refractivity contribution in [3.8, 4) is 0 Å². The number of nitrogens with one attached hydrogen (secondary N) is 1. The Morgan fingerprint density at radius 1 is 1.00 bits per heavy atom. The number of para-hydroxylation sites is 1. The van der Waals surface area contributed by atoms with Crippen molar-refractivity contribution in [2.45, 2.75) is 25.2 Å². The van der Waals surface area contributed by atoms with E-state index in [2.05, 4.69) is 15.1 Å². The van der Waals surface area contributed by atoms with Crippen molar-refractivity contribution in [2.75, 3.05) is 29.4 Å². The molecule has 1 N–H and O–H groups in total. The second kappa shape index (κ2) is 9.65. The molecular weight excluding hydrogens is 494 g/mol. The van der Waals surface area contributed by atoms with Crippen LogP contribution in [0.3, 0.4) is 0 Å². The van der Waals surface area contributed by atoms with Crippen LogP contribution in [0.4, 0.5) is 28.9 Å². The van der Waals surface area contributed by atoms with Crippen LogP contribution in [0.2, 0.25) is 5.02 Å². The summed E-state index contributed by atoms with van der Waals surface area (Å²) in [7, 11) is 0. The van der Waals surface area contributed by atoms with E-state index in [1.807, 2.05) is 24.3 Å². The van der Waals surface area contributed by atoms with E-state index >= 15 is 0 Å². The molecule has 0 radical (unpaired) electrons. The van der Waals surface area contributed by atoms with Gasteiger partial charge in [0.05, 0.1) is 28.2 Å². The summed E-state index contributed by atoms with van der Waals surface area (Å²) in [5.74, 6) is -1.20. The quantitative estimate of drug-likeness (QED) is 0.452. The van der Waals surface area contributed by atoms with E-state index in [1.54, 1.807) is 12.1 Å². The number of carbonyl (C=O) groups excluding carboxylic acids is 1. The van der Waals surface area contributed by atoms with Crippen molar-refractivity contribution in [2.24, 2.45) is 5.92 Å². The fraction of sp³-hybridized carbons (Fsp3) is 0.296. The van der Waals surface area contributed by atoms with Gasteiger partial charge in [-0.2, -0.15) is 13.2 Å². The fourth-order valence-corrected chi connectivity index (χ4v) is 5.40. The molecule has 188 valence electrons. The van der Waals surface area contributed by atoms with Crippen LogP contribution in [0, 0.1) is 11.7 Å². The van der Waals surface area contributed by atoms with Gasteiger partial charge in [-0.1, -0.05) is 35.9 Å². The Bertz CT molecular complexity index is 1260. The summed E-state index contributed by atoms with van der Waals surface area (Å²) in [5, 5.41) is 3.51. The summed E-state index contributed by atoms with van der Waals surface area (Å²) in [4.78, 5) is 17.6. The van der Waals surface area contributed by atoms with Crippen LogP contribution in [-0.2, 0) is 23.9 Å². The second-order valence-electron chi connectivity index (χ2n) is 9.15. The lowest BCUT2D eigenvalue weighted by atomic mass is 9.82. The van der Waals surface area contributed by atoms with Crippen LogP contribution in [0.5, 0.6) is 0 Å². The number of alkyl halides is 3. The molecule has 1 amide bonds. The lowest BCUT2D eigenvalue weighted by Gasteiger charge is -2.50. The first-order valence-corrected chi connectivity index (χ1v) is 12.1. The second-order valence-corrected chi connectivity index (χ2v) is 9.56. The summed E-state index contributed by atoms with van der Waals surface area (Å²) < 4.78 is 53.5. The third-order valence-corrected chi connectivity index (χ3v) is 7.27. The van der Waals surface area contributed by atoms with Gasteiger partial charge in [-0.3, -0.25) is 4.79 Å². The van der Waals surface area contributed by atoms with Crippen LogP contribution in [0.1, 0.15) is 16.7 Å². The molecule has 5 rings (SSSR count). The first-order chi connectivity index (χ1) is 17.2. The third kappa shape index (κ3) is 4.87. The van der Waals surface area contributed by atoms with Gasteiger partial charge >= 0.3 is 6.18 Å². The zero-order chi connectivity index (χ0) is 25.4. The number of anilines is 2. The van der Waals surface area contributed by atoms with Crippen LogP contribution in [0.25, 0.3) is 0 Å². The van der Waals surface area contributed by atoms with E-state index in [0.29, 0.717) is 30.2 Å². The van der Waals surface area contributed by atoms with E-state index in [-0.39, 0.29) is 30.7 Å². The molecule has 0 aromatic heterocycles. The van der Waals surface area contributed by atoms with Crippen molar-refractivity contribution >= 4 is 28.9 Å². The molecule has 4 nitrogen and oxygen atoms in total. The highest BCUT2D eigenvalue weighted by atomic mass is 35.5. The number of piperazine rings is 1. The molecule has 2 atom stereocenters. The minimum Gasteiger partial charge on any atom is -0.366 e. The predicted molar refractivity (Wildman–Crippen MR) is 132 cm³/mol. The van der Waals surface area contributed by atoms with Gasteiger partial charge in [0.2, 0.25) is 5.91 Å². The Kier molecular flexibility index (Phi) is 6.55. The molecule has 0 spiro atoms. The van der Waals surface area contributed by atoms with Gasteiger partial charge in [0.25, 0.3) is 0 Å². The third-order valence-electron chi connectivity index (χ3n) is 6.95. The highest BCUT2D eigenvalue weighted by molar-refractivity contribution is 6.33. The highest BCUT2D eigenvalue weighted by Gasteiger charge is 2.43. The number of nitrogens with zero attached hydrogens (tertiary/aromatic N) is 2. The van der Waals surface area contributed by atoms with Crippen molar-refractivity contribution in [1.82, 2.24) is 5.32 Å². The lowest BCUT2D eigenvalue weighted by Crippen LogP contribution is -2.61. The average Bonchev–Trinajstić information content (AvgIpc) is 2.86. The maximum absolute atomic E-state index is 13.4. The first kappa shape index (κ1) is 24.4. The van der Waals surface area contributed by atoms with E-state index in [0.717, 1.165) is 29.1 Å². The van der Waals surface area contributed by atoms with Crippen molar-refractivity contribution < 1.29 is 22.4 Å². The molecule has 2 aliphatic rings. The molecule has 0 bridgehead atoms. The number of hydrogen-bond donors (Lipinski definition) is 1. The minimum atomic E-state index is -4.46. The number of carbonyl (C=O) groups is 1. The number of hydrogen-bond acceptors (Lipinski definition) is 3. The van der Waals surface area contributed by atoms with Gasteiger partial charge in [-0.05, 0) is 60.0 Å². The van der Waals surface area contributed by atoms with Gasteiger partial charge in [0.15, 0.2) is 0 Å². The molecular formula is C27H24ClF4N3O. The number of amides is 1. The topological polar surface area (TPSA) is 35.6 Å². The maximum Gasteiger partial charge on any atom is 0.416 e. The van der Waals surface area contributed by atoms with Crippen molar-refractivity contribution in [1.29, 1.82) is 0 Å². The van der Waals surface area contributed by atoms with Crippen LogP contribution >= 0.6 is 11.6 Å². The lowest BCUT2D eigenvalue weighted by molar-refractivity contribution is -0.137. The molecule has 3 aromatic rings. The Morgan fingerprint density at radius 3 is 2.47 bits per heavy atom. The summed E-state index contributed by atoms with van der Waals surface area (Å²) in [6, 6.07) is 16.8. The zero-order valence-corrected chi connectivity index (χ0v) is 20.0. The molecule has 0 aliphatic carbocycles. The SMILES string of the molecule is O=C(NCc1ccc(F)cc1)C1Cc2cc(C(F)(F)F)ccc2N2CCN(c3ccccc3Cl)CC12. The highest BCUT2D eigenvalue weighted by Crippen LogP contribution is 2.41. The molecule has 0 saturated carbocycles. The Morgan fingerprint density at radius 2 is 1.75 bits per heavy atom. The molecule has 1 saturated heterocycles. The van der Waals surface area contributed by atoms with E-state index in [4.69, 9.17) is 11.6 Å². The predicted octanol–water partition coefficient (Wildman–Crippen LogP) is 5.68. The van der Waals surface area contributed by atoms with Crippen molar-refractivity contribution in [3.63, 3.8) is 0 Å². The Hall–Kier alpha value is -3.26. The molecule has 2 aliphatic heterocycles. The van der Waals surface area contributed by atoms with Gasteiger partial charge in [-0.25, -0.2) is 4.39 Å². The number of halogens is 5. The number of rotatable bonds is 4. The van der Waals surface area contributed by atoms with Gasteiger partial charge in [0, 0.05) is 31.9 Å². The van der Waals surface area contributed by atoms with Gasteiger partial charge < -0.3 is 15.1 Å². The molecule has 2 unspecified atom stereocenters. The standard InChI is InChI=1S/C27H24ClF4N3O/c28-22-3-1-2-4-24(22)34-11-12-35-23-10-7-19(27(30,31)32)13-18(23)14-21(25(35)16-34)26(36)33-15-17-5-8-20(29)9-6-17/h1-10,13,21,25H,11-12,14-16H2,(H,33,36). The van der Waals surface area contributed by atoms with Crippen molar-refractivity contribution in [3.05, 3.63) is 94.3 Å². The smallest absolute Gasteiger partial charge is 0.366 e. The van der Waals surface area contributed by atoms with Gasteiger partial charge in [0.1, 0.15) is 5.82 Å². The number of fused-ring (bicyclic) bond motifs is 3. The molecule has 1 fully saturated rings. The zero-order valence-electron chi connectivity index (χ0n) is 19.2. The Labute approximate surface area is 211 Å². The van der Waals surface area contributed by atoms with Crippen LogP contribution < -0.4 is 15.1 Å². The first-order valence-electron chi connectivity index (χ1n) is 11.7. The van der Waals surface area contributed by atoms with Crippen LogP contribution in [0.15, 0.2) is 66.7 Å². The minimum absolute atomic E-state index is 0.187. The van der Waals surface area contributed by atoms with E-state index in [9.17, 15) is 22.4 Å². The summed E-state index contributed by atoms with van der Waals surface area (Å²) in [6.45, 7) is 1.85. The summed E-state index contributed by atoms with van der Waals surface area (Å²) >= 11 is 6.43. The van der Waals surface area contributed by atoms with E-state index < -0.39 is 17.7 Å². The monoisotopic (exact) mass is 517 g/mol. The molecule has 9 heteroatoms. The molecule has 2 heterocycles. The largest absolute Gasteiger partial charge is 0.416 e. The summed E-state index contributed by atoms with van der Waals surface area (Å²) in [5.41, 5.74) is 2.12. The fourth-order valence-electron chi connectivity index (χ4n) is 5.15. The van der Waals surface area contributed by atoms with E-state index in [1.165, 1.54) is 18.2 Å². The van der Waals surface area contributed by atoms with Crippen LogP contribution in [-0.4, -0.2) is 31.6 Å². The molecule has 36 heavy (non-hydrogen) atoms. The average molecular weight is 518 g/mol. The maximum atomic E-state index is 13.4. The Balaban J connectivity index is 1.44. The number of benzene rings is 3. The summed E-state index contributed by atoms with van der Waals surface area (Å²) in [6.07, 6.45) is -4.28. The van der Waals surface area contributed by atoms with Gasteiger partial charge in [-0.15, -0.1) is 0 Å². The molecule has 3 aromatic carbocycles. The normalized spacial score (nSPS) is 19.5.